The summed E-state index contributed by atoms with van der Waals surface area (Å²) in [7, 11) is 0. The van der Waals surface area contributed by atoms with Gasteiger partial charge in [0.05, 0.1) is 17.6 Å². The van der Waals surface area contributed by atoms with Crippen molar-refractivity contribution in [3.05, 3.63) is 84.2 Å². The average molecular weight is 314 g/mol. The lowest BCUT2D eigenvalue weighted by atomic mass is 10.2. The van der Waals surface area contributed by atoms with Gasteiger partial charge in [-0.15, -0.1) is 0 Å². The van der Waals surface area contributed by atoms with Gasteiger partial charge in [0.25, 0.3) is 0 Å². The number of para-hydroxylation sites is 1. The highest BCUT2D eigenvalue weighted by atomic mass is 15.2. The van der Waals surface area contributed by atoms with E-state index in [0.717, 1.165) is 29.2 Å². The first-order valence-electron chi connectivity index (χ1n) is 7.97. The van der Waals surface area contributed by atoms with Gasteiger partial charge >= 0.3 is 0 Å². The molecule has 0 fully saturated rings. The monoisotopic (exact) mass is 314 g/mol. The molecule has 0 saturated carbocycles. The highest BCUT2D eigenvalue weighted by Gasteiger charge is 2.11. The maximum Gasteiger partial charge on any atom is 0.208 e. The van der Waals surface area contributed by atoms with Crippen molar-refractivity contribution < 1.29 is 0 Å². The number of anilines is 2. The summed E-state index contributed by atoms with van der Waals surface area (Å²) in [5.74, 6) is 0.846. The Bertz CT molecular complexity index is 959. The Hall–Kier alpha value is -3.14. The van der Waals surface area contributed by atoms with E-state index >= 15 is 0 Å². The van der Waals surface area contributed by atoms with Crippen molar-refractivity contribution in [3.8, 4) is 0 Å². The fraction of sp³-hybridized carbons (Fsp3) is 0.100. The first kappa shape index (κ1) is 14.5. The number of aromatic nitrogens is 3. The summed E-state index contributed by atoms with van der Waals surface area (Å²) < 4.78 is 2.21. The molecule has 0 amide bonds. The molecule has 4 rings (SSSR count). The Kier molecular flexibility index (Phi) is 3.71. The molecule has 24 heavy (non-hydrogen) atoms. The number of rotatable bonds is 4. The third-order valence-electron chi connectivity index (χ3n) is 4.02. The topological polar surface area (TPSA) is 42.7 Å². The molecule has 0 unspecified atom stereocenters. The minimum atomic E-state index is 0.748. The average Bonchev–Trinajstić information content (AvgIpc) is 2.94. The van der Waals surface area contributed by atoms with Crippen LogP contribution in [0.2, 0.25) is 0 Å². The summed E-state index contributed by atoms with van der Waals surface area (Å²) in [5.41, 5.74) is 5.57. The number of nitrogens with one attached hydrogen (secondary N) is 1. The van der Waals surface area contributed by atoms with Crippen LogP contribution in [0.4, 0.5) is 11.6 Å². The molecule has 0 bridgehead atoms. The van der Waals surface area contributed by atoms with Crippen molar-refractivity contribution in [2.24, 2.45) is 0 Å². The molecule has 0 saturated heterocycles. The number of hydrogen-bond donors (Lipinski definition) is 1. The van der Waals surface area contributed by atoms with E-state index in [1.165, 1.54) is 11.1 Å². The van der Waals surface area contributed by atoms with Gasteiger partial charge in [0, 0.05) is 18.1 Å². The molecular formula is C20H18N4. The van der Waals surface area contributed by atoms with E-state index in [1.54, 1.807) is 0 Å². The lowest BCUT2D eigenvalue weighted by Gasteiger charge is -2.11. The minimum Gasteiger partial charge on any atom is -0.326 e. The normalized spacial score (nSPS) is 10.9. The van der Waals surface area contributed by atoms with Crippen LogP contribution in [0.25, 0.3) is 11.0 Å². The van der Waals surface area contributed by atoms with Crippen LogP contribution >= 0.6 is 0 Å². The smallest absolute Gasteiger partial charge is 0.208 e. The predicted molar refractivity (Wildman–Crippen MR) is 97.5 cm³/mol. The van der Waals surface area contributed by atoms with E-state index in [1.807, 2.05) is 54.9 Å². The van der Waals surface area contributed by atoms with Crippen molar-refractivity contribution in [3.63, 3.8) is 0 Å². The van der Waals surface area contributed by atoms with Crippen molar-refractivity contribution in [1.29, 1.82) is 0 Å². The highest BCUT2D eigenvalue weighted by Crippen LogP contribution is 2.25. The first-order valence-corrected chi connectivity index (χ1v) is 7.97. The van der Waals surface area contributed by atoms with E-state index < -0.39 is 0 Å². The van der Waals surface area contributed by atoms with Crippen LogP contribution in [0.1, 0.15) is 11.1 Å². The Morgan fingerprint density at radius 2 is 1.75 bits per heavy atom. The van der Waals surface area contributed by atoms with Gasteiger partial charge in [-0.2, -0.15) is 0 Å². The molecule has 1 N–H and O–H groups in total. The van der Waals surface area contributed by atoms with Crippen molar-refractivity contribution in [1.82, 2.24) is 14.5 Å². The molecule has 0 aliphatic rings. The molecule has 2 heterocycles. The second-order valence-electron chi connectivity index (χ2n) is 5.86. The molecule has 0 spiro atoms. The van der Waals surface area contributed by atoms with Crippen LogP contribution in [-0.2, 0) is 6.54 Å². The number of pyridine rings is 1. The number of nitrogens with zero attached hydrogens (tertiary/aromatic N) is 3. The van der Waals surface area contributed by atoms with Gasteiger partial charge in [-0.05, 0) is 54.4 Å². The Morgan fingerprint density at radius 1 is 0.958 bits per heavy atom. The van der Waals surface area contributed by atoms with E-state index in [0.29, 0.717) is 0 Å². The number of hydrogen-bond acceptors (Lipinski definition) is 3. The van der Waals surface area contributed by atoms with Gasteiger partial charge in [0.15, 0.2) is 0 Å². The van der Waals surface area contributed by atoms with Gasteiger partial charge in [-0.3, -0.25) is 4.98 Å². The first-order chi connectivity index (χ1) is 11.8. The lowest BCUT2D eigenvalue weighted by Crippen LogP contribution is -2.05. The predicted octanol–water partition coefficient (Wildman–Crippen LogP) is 4.53. The lowest BCUT2D eigenvalue weighted by molar-refractivity contribution is 0.832. The van der Waals surface area contributed by atoms with Crippen LogP contribution in [-0.4, -0.2) is 14.5 Å². The molecule has 0 atom stereocenters. The van der Waals surface area contributed by atoms with Crippen LogP contribution in [0.3, 0.4) is 0 Å². The summed E-state index contributed by atoms with van der Waals surface area (Å²) in [5, 5.41) is 3.44. The third-order valence-corrected chi connectivity index (χ3v) is 4.02. The maximum absolute atomic E-state index is 4.78. The van der Waals surface area contributed by atoms with E-state index in [2.05, 4.69) is 40.0 Å². The summed E-state index contributed by atoms with van der Waals surface area (Å²) in [6.45, 7) is 2.85. The molecule has 2 aromatic heterocycles. The molecule has 2 aromatic carbocycles. The highest BCUT2D eigenvalue weighted by molar-refractivity contribution is 5.80. The summed E-state index contributed by atoms with van der Waals surface area (Å²) in [6.07, 6.45) is 3.65. The molecule has 0 radical (unpaired) electrons. The molecule has 118 valence electrons. The van der Waals surface area contributed by atoms with Crippen molar-refractivity contribution >= 4 is 22.7 Å². The van der Waals surface area contributed by atoms with Gasteiger partial charge in [-0.25, -0.2) is 4.98 Å². The molecular weight excluding hydrogens is 296 g/mol. The van der Waals surface area contributed by atoms with Crippen LogP contribution in [0.15, 0.2) is 73.1 Å². The Labute approximate surface area is 140 Å². The van der Waals surface area contributed by atoms with Gasteiger partial charge in [0.1, 0.15) is 0 Å². The zero-order chi connectivity index (χ0) is 16.4. The largest absolute Gasteiger partial charge is 0.326 e. The van der Waals surface area contributed by atoms with Crippen molar-refractivity contribution in [2.75, 3.05) is 5.32 Å². The number of fused-ring (bicyclic) bond motifs is 1. The zero-order valence-electron chi connectivity index (χ0n) is 13.5. The SMILES string of the molecule is Cc1ccc2nc(Nc3ccccc3)n(Cc3ccncc3)c2c1. The fourth-order valence-electron chi connectivity index (χ4n) is 2.81. The molecule has 0 aliphatic heterocycles. The number of aryl methyl sites for hydroxylation is 1. The second kappa shape index (κ2) is 6.16. The van der Waals surface area contributed by atoms with Gasteiger partial charge < -0.3 is 9.88 Å². The van der Waals surface area contributed by atoms with Crippen LogP contribution in [0, 0.1) is 6.92 Å². The van der Waals surface area contributed by atoms with E-state index in [9.17, 15) is 0 Å². The van der Waals surface area contributed by atoms with E-state index in [-0.39, 0.29) is 0 Å². The van der Waals surface area contributed by atoms with Gasteiger partial charge in [-0.1, -0.05) is 24.3 Å². The summed E-state index contributed by atoms with van der Waals surface area (Å²) in [6, 6.07) is 20.5. The second-order valence-corrected chi connectivity index (χ2v) is 5.86. The molecule has 4 nitrogen and oxygen atoms in total. The van der Waals surface area contributed by atoms with Crippen LogP contribution in [0.5, 0.6) is 0 Å². The Balaban J connectivity index is 1.81. The Morgan fingerprint density at radius 3 is 2.54 bits per heavy atom. The maximum atomic E-state index is 4.78. The summed E-state index contributed by atoms with van der Waals surface area (Å²) >= 11 is 0. The third kappa shape index (κ3) is 2.86. The van der Waals surface area contributed by atoms with E-state index in [4.69, 9.17) is 4.98 Å². The summed E-state index contributed by atoms with van der Waals surface area (Å²) in [4.78, 5) is 8.88. The van der Waals surface area contributed by atoms with Crippen molar-refractivity contribution in [2.45, 2.75) is 13.5 Å². The zero-order valence-corrected chi connectivity index (χ0v) is 13.5. The molecule has 4 aromatic rings. The van der Waals surface area contributed by atoms with Gasteiger partial charge in [0.2, 0.25) is 5.95 Å². The number of imidazole rings is 1. The quantitative estimate of drug-likeness (QED) is 0.602. The molecule has 4 heteroatoms. The molecule has 0 aliphatic carbocycles. The fourth-order valence-corrected chi connectivity index (χ4v) is 2.81. The standard InChI is InChI=1S/C20H18N4/c1-15-7-8-18-19(13-15)24(14-16-9-11-21-12-10-16)20(23-18)22-17-5-3-2-4-6-17/h2-13H,14H2,1H3,(H,22,23). The number of benzene rings is 2. The minimum absolute atomic E-state index is 0.748. The van der Waals surface area contributed by atoms with Crippen LogP contribution < -0.4 is 5.32 Å².